The molecule has 0 saturated carbocycles. The first-order valence-electron chi connectivity index (χ1n) is 11.0. The number of carbonyl (C=O) groups excluding carboxylic acids is 4. The molecule has 0 aliphatic rings. The van der Waals surface area contributed by atoms with Gasteiger partial charge >= 0.3 is 12.1 Å². The predicted octanol–water partition coefficient (Wildman–Crippen LogP) is 1.44. The lowest BCUT2D eigenvalue weighted by Gasteiger charge is -2.33. The van der Waals surface area contributed by atoms with Crippen LogP contribution in [0.25, 0.3) is 0 Å². The first kappa shape index (κ1) is 29.2. The summed E-state index contributed by atoms with van der Waals surface area (Å²) in [4.78, 5) is 51.6. The molecule has 1 aromatic carbocycles. The lowest BCUT2D eigenvalue weighted by molar-refractivity contribution is -0.144. The smallest absolute Gasteiger partial charge is 0.408 e. The summed E-state index contributed by atoms with van der Waals surface area (Å²) >= 11 is 4.18. The molecule has 10 nitrogen and oxygen atoms in total. The second-order valence-electron chi connectivity index (χ2n) is 8.30. The number of carbonyl (C=O) groups is 4. The van der Waals surface area contributed by atoms with Gasteiger partial charge in [0.15, 0.2) is 0 Å². The second-order valence-corrected chi connectivity index (χ2v) is 8.66. The average molecular weight is 498 g/mol. The summed E-state index contributed by atoms with van der Waals surface area (Å²) in [5, 5.41) is 14.8. The summed E-state index contributed by atoms with van der Waals surface area (Å²) < 4.78 is 10.1. The van der Waals surface area contributed by atoms with Crippen LogP contribution < -0.4 is 10.6 Å². The number of hydrogen-bond donors (Lipinski definition) is 4. The Balaban J connectivity index is 3.15. The molecule has 0 spiro atoms. The number of amides is 3. The maximum Gasteiger partial charge on any atom is 0.408 e. The zero-order valence-electron chi connectivity index (χ0n) is 20.1. The zero-order valence-corrected chi connectivity index (χ0v) is 21.0. The number of benzene rings is 1. The minimum atomic E-state index is -1.12. The fraction of sp³-hybridized carbons (Fsp3) is 0.565. The normalized spacial score (nSPS) is 12.8. The van der Waals surface area contributed by atoms with Crippen LogP contribution in [0.15, 0.2) is 30.3 Å². The number of nitrogens with one attached hydrogen (secondary N) is 2. The van der Waals surface area contributed by atoms with Crippen LogP contribution >= 0.6 is 12.6 Å². The van der Waals surface area contributed by atoms with E-state index in [-0.39, 0.29) is 31.9 Å². The van der Waals surface area contributed by atoms with Crippen LogP contribution in [0.4, 0.5) is 4.79 Å². The summed E-state index contributed by atoms with van der Waals surface area (Å²) in [6.45, 7) is 6.39. The molecule has 0 aliphatic heterocycles. The molecular formula is C23H35N3O7S. The first-order valence-corrected chi connectivity index (χ1v) is 11.7. The van der Waals surface area contributed by atoms with E-state index in [1.165, 1.54) is 4.90 Å². The molecule has 3 amide bonds. The van der Waals surface area contributed by atoms with Crippen LogP contribution in [-0.2, 0) is 23.9 Å². The lowest BCUT2D eigenvalue weighted by Crippen LogP contribution is -2.54. The molecular weight excluding hydrogens is 462 g/mol. The molecule has 3 N–H and O–H groups in total. The highest BCUT2D eigenvalue weighted by Crippen LogP contribution is 2.22. The molecule has 34 heavy (non-hydrogen) atoms. The maximum absolute atomic E-state index is 13.4. The fourth-order valence-electron chi connectivity index (χ4n) is 3.04. The van der Waals surface area contributed by atoms with Crippen LogP contribution in [0.2, 0.25) is 0 Å². The van der Waals surface area contributed by atoms with Gasteiger partial charge in [-0.05, 0) is 33.3 Å². The minimum absolute atomic E-state index is 0.00824. The van der Waals surface area contributed by atoms with Crippen molar-refractivity contribution < 1.29 is 33.8 Å². The molecule has 0 aliphatic carbocycles. The SMILES string of the molecule is CCOC(=O)CCNC(=O)C(c1ccccc1)N(CCO)C(=O)C(CS)NC(=O)OC(C)(C)C. The molecule has 1 rings (SSSR count). The monoisotopic (exact) mass is 497 g/mol. The van der Waals surface area contributed by atoms with E-state index < -0.39 is 48.2 Å². The number of thiol groups is 1. The highest BCUT2D eigenvalue weighted by molar-refractivity contribution is 7.80. The molecule has 0 saturated heterocycles. The Morgan fingerprint density at radius 3 is 2.32 bits per heavy atom. The molecule has 2 atom stereocenters. The summed E-state index contributed by atoms with van der Waals surface area (Å²) in [7, 11) is 0. The van der Waals surface area contributed by atoms with Crippen LogP contribution in [0.5, 0.6) is 0 Å². The molecule has 0 bridgehead atoms. The van der Waals surface area contributed by atoms with Gasteiger partial charge in [0.1, 0.15) is 17.7 Å². The quantitative estimate of drug-likeness (QED) is 0.254. The van der Waals surface area contributed by atoms with Gasteiger partial charge in [-0.1, -0.05) is 30.3 Å². The highest BCUT2D eigenvalue weighted by Gasteiger charge is 2.35. The van der Waals surface area contributed by atoms with Crippen molar-refractivity contribution in [2.45, 2.75) is 51.8 Å². The van der Waals surface area contributed by atoms with Crippen molar-refractivity contribution >= 4 is 36.5 Å². The van der Waals surface area contributed by atoms with Crippen molar-refractivity contribution in [2.24, 2.45) is 0 Å². The molecule has 0 radical (unpaired) electrons. The van der Waals surface area contributed by atoms with Gasteiger partial charge in [-0.25, -0.2) is 4.79 Å². The third-order valence-corrected chi connectivity index (χ3v) is 4.77. The van der Waals surface area contributed by atoms with Gasteiger partial charge in [0.2, 0.25) is 11.8 Å². The minimum Gasteiger partial charge on any atom is -0.466 e. The van der Waals surface area contributed by atoms with Crippen LogP contribution in [0.1, 0.15) is 45.7 Å². The molecule has 2 unspecified atom stereocenters. The van der Waals surface area contributed by atoms with Crippen molar-refractivity contribution in [3.8, 4) is 0 Å². The third-order valence-electron chi connectivity index (χ3n) is 4.40. The Kier molecular flexibility index (Phi) is 12.4. The Morgan fingerprint density at radius 2 is 1.79 bits per heavy atom. The van der Waals surface area contributed by atoms with E-state index in [1.807, 2.05) is 0 Å². The van der Waals surface area contributed by atoms with Crippen LogP contribution in [0.3, 0.4) is 0 Å². The van der Waals surface area contributed by atoms with E-state index in [2.05, 4.69) is 23.3 Å². The van der Waals surface area contributed by atoms with E-state index >= 15 is 0 Å². The Labute approximate surface area is 205 Å². The van der Waals surface area contributed by atoms with E-state index in [4.69, 9.17) is 9.47 Å². The van der Waals surface area contributed by atoms with Gasteiger partial charge in [0, 0.05) is 18.8 Å². The molecule has 0 heterocycles. The number of esters is 1. The van der Waals surface area contributed by atoms with E-state index in [9.17, 15) is 24.3 Å². The number of alkyl carbamates (subject to hydrolysis) is 1. The van der Waals surface area contributed by atoms with Gasteiger partial charge in [-0.15, -0.1) is 0 Å². The van der Waals surface area contributed by atoms with Crippen molar-refractivity contribution in [1.29, 1.82) is 0 Å². The van der Waals surface area contributed by atoms with Crippen LogP contribution in [-0.4, -0.2) is 77.6 Å². The summed E-state index contributed by atoms with van der Waals surface area (Å²) in [5.41, 5.74) is -0.280. The van der Waals surface area contributed by atoms with Gasteiger partial charge in [0.05, 0.1) is 19.6 Å². The Morgan fingerprint density at radius 1 is 1.15 bits per heavy atom. The Bertz CT molecular complexity index is 815. The van der Waals surface area contributed by atoms with Crippen molar-refractivity contribution in [3.05, 3.63) is 35.9 Å². The van der Waals surface area contributed by atoms with Crippen LogP contribution in [0, 0.1) is 0 Å². The largest absolute Gasteiger partial charge is 0.466 e. The van der Waals surface area contributed by atoms with Gasteiger partial charge in [0.25, 0.3) is 0 Å². The number of hydrogen-bond acceptors (Lipinski definition) is 8. The van der Waals surface area contributed by atoms with E-state index in [0.717, 1.165) is 0 Å². The average Bonchev–Trinajstić information content (AvgIpc) is 2.76. The Hall–Kier alpha value is -2.79. The lowest BCUT2D eigenvalue weighted by atomic mass is 10.0. The van der Waals surface area contributed by atoms with Crippen molar-refractivity contribution in [3.63, 3.8) is 0 Å². The maximum atomic E-state index is 13.4. The van der Waals surface area contributed by atoms with Crippen molar-refractivity contribution in [1.82, 2.24) is 15.5 Å². The van der Waals surface area contributed by atoms with E-state index in [1.54, 1.807) is 58.0 Å². The fourth-order valence-corrected chi connectivity index (χ4v) is 3.28. The summed E-state index contributed by atoms with van der Waals surface area (Å²) in [6, 6.07) is 6.30. The summed E-state index contributed by atoms with van der Waals surface area (Å²) in [6.07, 6.45) is -0.840. The third kappa shape index (κ3) is 10.0. The first-order chi connectivity index (χ1) is 16.0. The van der Waals surface area contributed by atoms with Gasteiger partial charge in [-0.3, -0.25) is 14.4 Å². The standard InChI is InChI=1S/C23H35N3O7S/c1-5-32-18(28)11-12-24-20(29)19(16-9-7-6-8-10-16)26(13-14-27)21(30)17(15-34)25-22(31)33-23(2,3)4/h6-10,17,19,27,34H,5,11-15H2,1-4H3,(H,24,29)(H,25,31). The predicted molar refractivity (Wildman–Crippen MR) is 129 cm³/mol. The van der Waals surface area contributed by atoms with Gasteiger partial charge < -0.3 is 30.1 Å². The molecule has 11 heteroatoms. The molecule has 0 fully saturated rings. The molecule has 1 aromatic rings. The van der Waals surface area contributed by atoms with Crippen molar-refractivity contribution in [2.75, 3.05) is 32.1 Å². The number of ether oxygens (including phenoxy) is 2. The number of nitrogens with zero attached hydrogens (tertiary/aromatic N) is 1. The number of aliphatic hydroxyl groups is 1. The number of aliphatic hydroxyl groups excluding tert-OH is 1. The van der Waals surface area contributed by atoms with E-state index in [0.29, 0.717) is 5.56 Å². The highest BCUT2D eigenvalue weighted by atomic mass is 32.1. The molecule has 0 aromatic heterocycles. The molecule has 190 valence electrons. The zero-order chi connectivity index (χ0) is 25.7. The van der Waals surface area contributed by atoms with Gasteiger partial charge in [-0.2, -0.15) is 12.6 Å². The number of rotatable bonds is 12. The summed E-state index contributed by atoms with van der Waals surface area (Å²) in [5.74, 6) is -1.69. The topological polar surface area (TPSA) is 134 Å². The second kappa shape index (κ2) is 14.5.